The van der Waals surface area contributed by atoms with Crippen LogP contribution in [0.15, 0.2) is 104 Å². The van der Waals surface area contributed by atoms with Gasteiger partial charge in [0.15, 0.2) is 0 Å². The van der Waals surface area contributed by atoms with Crippen molar-refractivity contribution in [1.82, 2.24) is 14.5 Å². The van der Waals surface area contributed by atoms with Crippen LogP contribution in [-0.4, -0.2) is 39.6 Å². The summed E-state index contributed by atoms with van der Waals surface area (Å²) in [4.78, 5) is 20.6. The zero-order valence-electron chi connectivity index (χ0n) is 23.8. The van der Waals surface area contributed by atoms with Crippen LogP contribution < -0.4 is 4.74 Å². The maximum absolute atomic E-state index is 13.6. The molecule has 0 bridgehead atoms. The molecule has 1 aliphatic rings. The van der Waals surface area contributed by atoms with Gasteiger partial charge in [0.1, 0.15) is 17.9 Å². The largest absolute Gasteiger partial charge is 0.405 e. The van der Waals surface area contributed by atoms with Crippen molar-refractivity contribution in [2.24, 2.45) is 5.92 Å². The van der Waals surface area contributed by atoms with Gasteiger partial charge in [-0.05, 0) is 55.0 Å². The number of hydrogen-bond donors (Lipinski definition) is 0. The Balaban J connectivity index is 1.50. The van der Waals surface area contributed by atoms with Gasteiger partial charge in [0.05, 0.1) is 6.20 Å². The van der Waals surface area contributed by atoms with Crippen LogP contribution in [0.3, 0.4) is 0 Å². The predicted octanol–water partition coefficient (Wildman–Crippen LogP) is 7.31. The molecule has 1 fully saturated rings. The Morgan fingerprint density at radius 2 is 1.45 bits per heavy atom. The van der Waals surface area contributed by atoms with E-state index >= 15 is 0 Å². The minimum Gasteiger partial charge on any atom is -0.405 e. The van der Waals surface area contributed by atoms with Crippen molar-refractivity contribution in [3.05, 3.63) is 120 Å². The number of benzene rings is 3. The first-order chi connectivity index (χ1) is 19.7. The molecule has 40 heavy (non-hydrogen) atoms. The minimum atomic E-state index is -0.689. The standard InChI is InChI=1S/C35H41N3O2/c1-3-5-15-23-37-24-22-28(4-2)25-32(37)34(39)40-33-26-38(27-36-33)35(29-16-9-6-10-17-29,30-18-11-7-12-19-30)31-20-13-8-14-21-31/h6-14,16-21,26-28,32H,3-5,15,22-25H2,1-2H3. The van der Waals surface area contributed by atoms with Gasteiger partial charge in [-0.2, -0.15) is 0 Å². The summed E-state index contributed by atoms with van der Waals surface area (Å²) in [6.45, 7) is 6.33. The molecule has 1 aromatic heterocycles. The smallest absolute Gasteiger partial charge is 0.330 e. The molecule has 5 rings (SSSR count). The van der Waals surface area contributed by atoms with Crippen LogP contribution >= 0.6 is 0 Å². The van der Waals surface area contributed by atoms with Gasteiger partial charge in [0.2, 0.25) is 5.88 Å². The summed E-state index contributed by atoms with van der Waals surface area (Å²) >= 11 is 0. The van der Waals surface area contributed by atoms with E-state index in [9.17, 15) is 4.79 Å². The molecule has 0 radical (unpaired) electrons. The van der Waals surface area contributed by atoms with Crippen LogP contribution in [0.5, 0.6) is 5.88 Å². The number of hydrogen-bond acceptors (Lipinski definition) is 4. The molecule has 5 nitrogen and oxygen atoms in total. The Labute approximate surface area is 238 Å². The van der Waals surface area contributed by atoms with Crippen molar-refractivity contribution >= 4 is 5.97 Å². The number of piperidine rings is 1. The first kappa shape index (κ1) is 27.9. The van der Waals surface area contributed by atoms with E-state index in [1.165, 1.54) is 12.8 Å². The third-order valence-corrected chi connectivity index (χ3v) is 8.45. The minimum absolute atomic E-state index is 0.190. The number of likely N-dealkylation sites (tertiary alicyclic amines) is 1. The highest BCUT2D eigenvalue weighted by Crippen LogP contribution is 2.41. The predicted molar refractivity (Wildman–Crippen MR) is 160 cm³/mol. The topological polar surface area (TPSA) is 47.4 Å². The normalized spacial score (nSPS) is 17.9. The Kier molecular flexibility index (Phi) is 9.12. The molecule has 1 saturated heterocycles. The number of esters is 1. The summed E-state index contributed by atoms with van der Waals surface area (Å²) in [5.74, 6) is 0.702. The van der Waals surface area contributed by atoms with Crippen LogP contribution in [0.1, 0.15) is 69.1 Å². The summed E-state index contributed by atoms with van der Waals surface area (Å²) in [7, 11) is 0. The zero-order chi connectivity index (χ0) is 27.8. The molecule has 0 amide bonds. The summed E-state index contributed by atoms with van der Waals surface area (Å²) in [5, 5.41) is 0. The van der Waals surface area contributed by atoms with E-state index in [-0.39, 0.29) is 12.0 Å². The maximum atomic E-state index is 13.6. The first-order valence-corrected chi connectivity index (χ1v) is 14.8. The van der Waals surface area contributed by atoms with Crippen molar-refractivity contribution in [3.8, 4) is 5.88 Å². The summed E-state index contributed by atoms with van der Waals surface area (Å²) in [6.07, 6.45) is 10.2. The third kappa shape index (κ3) is 5.75. The Morgan fingerprint density at radius 3 is 1.98 bits per heavy atom. The first-order valence-electron chi connectivity index (χ1n) is 14.8. The number of imidazole rings is 1. The van der Waals surface area contributed by atoms with Crippen LogP contribution in [0, 0.1) is 5.92 Å². The van der Waals surface area contributed by atoms with Gasteiger partial charge in [-0.25, -0.2) is 9.78 Å². The number of carbonyl (C=O) groups is 1. The average molecular weight is 536 g/mol. The van der Waals surface area contributed by atoms with E-state index in [1.54, 1.807) is 6.33 Å². The number of aromatic nitrogens is 2. The molecule has 208 valence electrons. The number of rotatable bonds is 11. The molecule has 0 aliphatic carbocycles. The van der Waals surface area contributed by atoms with Gasteiger partial charge in [0, 0.05) is 0 Å². The molecule has 2 heterocycles. The molecule has 2 atom stereocenters. The molecule has 0 N–H and O–H groups in total. The van der Waals surface area contributed by atoms with Gasteiger partial charge in [-0.1, -0.05) is 124 Å². The van der Waals surface area contributed by atoms with Gasteiger partial charge >= 0.3 is 5.97 Å². The van der Waals surface area contributed by atoms with E-state index in [0.29, 0.717) is 11.8 Å². The second kappa shape index (κ2) is 13.1. The Hall–Kier alpha value is -3.70. The molecule has 4 aromatic rings. The number of ether oxygens (including phenoxy) is 1. The van der Waals surface area contributed by atoms with Gasteiger partial charge in [-0.15, -0.1) is 0 Å². The van der Waals surface area contributed by atoms with Crippen LogP contribution in [-0.2, 0) is 10.3 Å². The zero-order valence-corrected chi connectivity index (χ0v) is 23.8. The van der Waals surface area contributed by atoms with Gasteiger partial charge in [0.25, 0.3) is 0 Å². The fourth-order valence-corrected chi connectivity index (χ4v) is 6.23. The summed E-state index contributed by atoms with van der Waals surface area (Å²) in [6, 6.07) is 31.1. The molecule has 5 heteroatoms. The van der Waals surface area contributed by atoms with E-state index in [4.69, 9.17) is 4.74 Å². The fourth-order valence-electron chi connectivity index (χ4n) is 6.23. The van der Waals surface area contributed by atoms with Crippen molar-refractivity contribution < 1.29 is 9.53 Å². The van der Waals surface area contributed by atoms with Crippen molar-refractivity contribution in [1.29, 1.82) is 0 Å². The fraction of sp³-hybridized carbons (Fsp3) is 0.371. The van der Waals surface area contributed by atoms with E-state index in [1.807, 2.05) is 24.4 Å². The molecule has 2 unspecified atom stereocenters. The molecule has 3 aromatic carbocycles. The quantitative estimate of drug-likeness (QED) is 0.115. The molecular formula is C35H41N3O2. The molecule has 0 saturated carbocycles. The molecular weight excluding hydrogens is 494 g/mol. The van der Waals surface area contributed by atoms with Crippen molar-refractivity contribution in [3.63, 3.8) is 0 Å². The number of unbranched alkanes of at least 4 members (excludes halogenated alkanes) is 2. The van der Waals surface area contributed by atoms with Gasteiger partial charge in [-0.3, -0.25) is 4.90 Å². The SMILES string of the molecule is CCCCCN1CCC(CC)CC1C(=O)Oc1cn(C(c2ccccc2)(c2ccccc2)c2ccccc2)cn1. The third-order valence-electron chi connectivity index (χ3n) is 8.45. The van der Waals surface area contributed by atoms with Crippen LogP contribution in [0.2, 0.25) is 0 Å². The Bertz CT molecular complexity index is 1240. The lowest BCUT2D eigenvalue weighted by Gasteiger charge is -2.37. The highest BCUT2D eigenvalue weighted by molar-refractivity contribution is 5.78. The number of nitrogens with zero attached hydrogens (tertiary/aromatic N) is 3. The summed E-state index contributed by atoms with van der Waals surface area (Å²) in [5.41, 5.74) is 2.61. The molecule has 1 aliphatic heterocycles. The number of carbonyl (C=O) groups excluding carboxylic acids is 1. The van der Waals surface area contributed by atoms with E-state index in [2.05, 4.69) is 101 Å². The second-order valence-electron chi connectivity index (χ2n) is 10.9. The van der Waals surface area contributed by atoms with Crippen LogP contribution in [0.4, 0.5) is 0 Å². The average Bonchev–Trinajstić information content (AvgIpc) is 3.48. The highest BCUT2D eigenvalue weighted by atomic mass is 16.5. The second-order valence-corrected chi connectivity index (χ2v) is 10.9. The van der Waals surface area contributed by atoms with Crippen molar-refractivity contribution in [2.75, 3.05) is 13.1 Å². The van der Waals surface area contributed by atoms with E-state index < -0.39 is 5.54 Å². The molecule has 0 spiro atoms. The van der Waals surface area contributed by atoms with Gasteiger partial charge < -0.3 is 9.30 Å². The van der Waals surface area contributed by atoms with Crippen molar-refractivity contribution in [2.45, 2.75) is 64.0 Å². The Morgan fingerprint density at radius 1 is 0.875 bits per heavy atom. The lowest BCUT2D eigenvalue weighted by molar-refractivity contribution is -0.143. The lowest BCUT2D eigenvalue weighted by Crippen LogP contribution is -2.49. The van der Waals surface area contributed by atoms with E-state index in [0.717, 1.165) is 55.5 Å². The maximum Gasteiger partial charge on any atom is 0.330 e. The highest BCUT2D eigenvalue weighted by Gasteiger charge is 2.39. The monoisotopic (exact) mass is 535 g/mol. The van der Waals surface area contributed by atoms with Crippen LogP contribution in [0.25, 0.3) is 0 Å². The summed E-state index contributed by atoms with van der Waals surface area (Å²) < 4.78 is 8.14. The lowest BCUT2D eigenvalue weighted by atomic mass is 9.77.